The van der Waals surface area contributed by atoms with Gasteiger partial charge in [0.25, 0.3) is 5.91 Å². The quantitative estimate of drug-likeness (QED) is 0.819. The van der Waals surface area contributed by atoms with E-state index in [0.29, 0.717) is 29.0 Å². The van der Waals surface area contributed by atoms with Gasteiger partial charge in [-0.15, -0.1) is 0 Å². The largest absolute Gasteiger partial charge is 0.493 e. The highest BCUT2D eigenvalue weighted by molar-refractivity contribution is 5.95. The van der Waals surface area contributed by atoms with Gasteiger partial charge in [-0.1, -0.05) is 0 Å². The molecule has 1 unspecified atom stereocenters. The van der Waals surface area contributed by atoms with Crippen molar-refractivity contribution in [2.75, 3.05) is 21.3 Å². The average molecular weight is 263 g/mol. The molecule has 0 saturated heterocycles. The van der Waals surface area contributed by atoms with Crippen LogP contribution in [0.4, 0.5) is 0 Å². The minimum atomic E-state index is 0.0281. The van der Waals surface area contributed by atoms with E-state index < -0.39 is 0 Å². The van der Waals surface area contributed by atoms with E-state index in [9.17, 15) is 4.79 Å². The highest BCUT2D eigenvalue weighted by Gasteiger charge is 2.32. The van der Waals surface area contributed by atoms with Crippen LogP contribution in [0.1, 0.15) is 30.1 Å². The number of nitrogens with zero attached hydrogens (tertiary/aromatic N) is 1. The van der Waals surface area contributed by atoms with E-state index in [1.807, 2.05) is 11.9 Å². The SMILES string of the molecule is COc1ccc(C(=O)N(C)C(C)C2CC2)cc1OC. The Labute approximate surface area is 114 Å². The van der Waals surface area contributed by atoms with Crippen molar-refractivity contribution >= 4 is 5.91 Å². The number of ether oxygens (including phenoxy) is 2. The van der Waals surface area contributed by atoms with Crippen LogP contribution in [0.15, 0.2) is 18.2 Å². The Hall–Kier alpha value is -1.71. The number of hydrogen-bond acceptors (Lipinski definition) is 3. The first-order valence-corrected chi connectivity index (χ1v) is 6.57. The Balaban J connectivity index is 2.18. The smallest absolute Gasteiger partial charge is 0.253 e. The number of benzene rings is 1. The van der Waals surface area contributed by atoms with Crippen molar-refractivity contribution in [3.05, 3.63) is 23.8 Å². The van der Waals surface area contributed by atoms with E-state index in [2.05, 4.69) is 6.92 Å². The molecule has 0 bridgehead atoms. The number of hydrogen-bond donors (Lipinski definition) is 0. The second kappa shape index (κ2) is 5.51. The van der Waals surface area contributed by atoms with Crippen LogP contribution in [-0.2, 0) is 0 Å². The zero-order chi connectivity index (χ0) is 14.0. The predicted octanol–water partition coefficient (Wildman–Crippen LogP) is 2.57. The van der Waals surface area contributed by atoms with Gasteiger partial charge in [-0.25, -0.2) is 0 Å². The van der Waals surface area contributed by atoms with Crippen molar-refractivity contribution in [1.29, 1.82) is 0 Å². The maximum Gasteiger partial charge on any atom is 0.253 e. The van der Waals surface area contributed by atoms with E-state index in [1.165, 1.54) is 12.8 Å². The third-order valence-electron chi connectivity index (χ3n) is 3.87. The molecule has 4 nitrogen and oxygen atoms in total. The molecule has 1 saturated carbocycles. The molecule has 1 fully saturated rings. The first-order valence-electron chi connectivity index (χ1n) is 6.57. The number of rotatable bonds is 5. The van der Waals surface area contributed by atoms with Crippen molar-refractivity contribution in [3.8, 4) is 11.5 Å². The van der Waals surface area contributed by atoms with Crippen LogP contribution in [0, 0.1) is 5.92 Å². The Bertz CT molecular complexity index is 468. The molecule has 4 heteroatoms. The molecule has 0 heterocycles. The lowest BCUT2D eigenvalue weighted by Gasteiger charge is -2.25. The molecule has 1 aliphatic carbocycles. The highest BCUT2D eigenvalue weighted by Crippen LogP contribution is 2.35. The lowest BCUT2D eigenvalue weighted by Crippen LogP contribution is -2.36. The fourth-order valence-electron chi connectivity index (χ4n) is 2.25. The average Bonchev–Trinajstić information content (AvgIpc) is 3.28. The van der Waals surface area contributed by atoms with Crippen molar-refractivity contribution in [2.45, 2.75) is 25.8 Å². The molecule has 1 aliphatic rings. The van der Waals surface area contributed by atoms with Gasteiger partial charge in [-0.05, 0) is 43.9 Å². The number of carbonyl (C=O) groups is 1. The summed E-state index contributed by atoms with van der Waals surface area (Å²) in [6.45, 7) is 2.11. The van der Waals surface area contributed by atoms with Gasteiger partial charge in [0.2, 0.25) is 0 Å². The molecule has 2 rings (SSSR count). The molecule has 1 aromatic carbocycles. The van der Waals surface area contributed by atoms with Crippen molar-refractivity contribution in [3.63, 3.8) is 0 Å². The zero-order valence-corrected chi connectivity index (χ0v) is 12.0. The van der Waals surface area contributed by atoms with E-state index in [4.69, 9.17) is 9.47 Å². The predicted molar refractivity (Wildman–Crippen MR) is 73.8 cm³/mol. The standard InChI is InChI=1S/C15H21NO3/c1-10(11-5-6-11)16(2)15(17)12-7-8-13(18-3)14(9-12)19-4/h7-11H,5-6H2,1-4H3. The van der Waals surface area contributed by atoms with Crippen LogP contribution in [0.25, 0.3) is 0 Å². The fraction of sp³-hybridized carbons (Fsp3) is 0.533. The summed E-state index contributed by atoms with van der Waals surface area (Å²) in [6, 6.07) is 5.57. The number of amides is 1. The summed E-state index contributed by atoms with van der Waals surface area (Å²) in [7, 11) is 5.02. The normalized spacial score (nSPS) is 15.8. The van der Waals surface area contributed by atoms with E-state index in [0.717, 1.165) is 0 Å². The second-order valence-corrected chi connectivity index (χ2v) is 5.06. The van der Waals surface area contributed by atoms with Crippen molar-refractivity contribution in [2.24, 2.45) is 5.92 Å². The van der Waals surface area contributed by atoms with Crippen LogP contribution in [0.2, 0.25) is 0 Å². The van der Waals surface area contributed by atoms with Crippen molar-refractivity contribution in [1.82, 2.24) is 4.90 Å². The molecule has 104 valence electrons. The Morgan fingerprint density at radius 1 is 1.26 bits per heavy atom. The molecular formula is C15H21NO3. The van der Waals surface area contributed by atoms with E-state index in [-0.39, 0.29) is 5.91 Å². The van der Waals surface area contributed by atoms with Crippen LogP contribution < -0.4 is 9.47 Å². The maximum absolute atomic E-state index is 12.4. The minimum absolute atomic E-state index is 0.0281. The fourth-order valence-corrected chi connectivity index (χ4v) is 2.25. The summed E-state index contributed by atoms with van der Waals surface area (Å²) >= 11 is 0. The van der Waals surface area contributed by atoms with E-state index in [1.54, 1.807) is 32.4 Å². The summed E-state index contributed by atoms with van der Waals surface area (Å²) in [5.41, 5.74) is 0.632. The molecule has 1 amide bonds. The maximum atomic E-state index is 12.4. The van der Waals surface area contributed by atoms with Crippen LogP contribution in [0.3, 0.4) is 0 Å². The van der Waals surface area contributed by atoms with Crippen LogP contribution in [-0.4, -0.2) is 38.1 Å². The lowest BCUT2D eigenvalue weighted by molar-refractivity contribution is 0.0727. The number of carbonyl (C=O) groups excluding carboxylic acids is 1. The molecular weight excluding hydrogens is 242 g/mol. The Morgan fingerprint density at radius 2 is 1.89 bits per heavy atom. The molecule has 19 heavy (non-hydrogen) atoms. The van der Waals surface area contributed by atoms with Gasteiger partial charge in [0, 0.05) is 18.7 Å². The third kappa shape index (κ3) is 2.83. The third-order valence-corrected chi connectivity index (χ3v) is 3.87. The number of methoxy groups -OCH3 is 2. The molecule has 0 radical (unpaired) electrons. The summed E-state index contributed by atoms with van der Waals surface area (Å²) < 4.78 is 10.4. The molecule has 0 N–H and O–H groups in total. The van der Waals surface area contributed by atoms with Crippen LogP contribution >= 0.6 is 0 Å². The molecule has 1 atom stereocenters. The van der Waals surface area contributed by atoms with E-state index >= 15 is 0 Å². The van der Waals surface area contributed by atoms with Crippen molar-refractivity contribution < 1.29 is 14.3 Å². The van der Waals surface area contributed by atoms with Gasteiger partial charge >= 0.3 is 0 Å². The van der Waals surface area contributed by atoms with Gasteiger partial charge in [-0.3, -0.25) is 4.79 Å². The van der Waals surface area contributed by atoms with Crippen LogP contribution in [0.5, 0.6) is 11.5 Å². The second-order valence-electron chi connectivity index (χ2n) is 5.06. The topological polar surface area (TPSA) is 38.8 Å². The summed E-state index contributed by atoms with van der Waals surface area (Å²) in [6.07, 6.45) is 2.45. The Kier molecular flexibility index (Phi) is 3.98. The summed E-state index contributed by atoms with van der Waals surface area (Å²) in [4.78, 5) is 14.2. The lowest BCUT2D eigenvalue weighted by atomic mass is 10.1. The summed E-state index contributed by atoms with van der Waals surface area (Å²) in [5, 5.41) is 0. The van der Waals surface area contributed by atoms with Gasteiger partial charge in [0.15, 0.2) is 11.5 Å². The highest BCUT2D eigenvalue weighted by atomic mass is 16.5. The molecule has 0 aromatic heterocycles. The van der Waals surface area contributed by atoms with Gasteiger partial charge in [0.1, 0.15) is 0 Å². The van der Waals surface area contributed by atoms with Gasteiger partial charge in [-0.2, -0.15) is 0 Å². The molecule has 1 aromatic rings. The van der Waals surface area contributed by atoms with Gasteiger partial charge < -0.3 is 14.4 Å². The first kappa shape index (κ1) is 13.7. The first-order chi connectivity index (χ1) is 9.08. The minimum Gasteiger partial charge on any atom is -0.493 e. The summed E-state index contributed by atoms with van der Waals surface area (Å²) in [5.74, 6) is 1.91. The zero-order valence-electron chi connectivity index (χ0n) is 12.0. The molecule has 0 aliphatic heterocycles. The van der Waals surface area contributed by atoms with Gasteiger partial charge in [0.05, 0.1) is 14.2 Å². The monoisotopic (exact) mass is 263 g/mol. The Morgan fingerprint density at radius 3 is 2.42 bits per heavy atom. The molecule has 0 spiro atoms.